The number of aromatic nitrogens is 1. The molecule has 0 aromatic carbocycles. The summed E-state index contributed by atoms with van der Waals surface area (Å²) in [5, 5.41) is 2.20. The molecule has 16 heavy (non-hydrogen) atoms. The van der Waals surface area contributed by atoms with E-state index in [9.17, 15) is 14.4 Å². The maximum Gasteiger partial charge on any atom is 0.253 e. The summed E-state index contributed by atoms with van der Waals surface area (Å²) in [5.41, 5.74) is 5.46. The number of amides is 2. The molecule has 3 N–H and O–H groups in total. The molecule has 0 aliphatic carbocycles. The number of hydrogen-bond acceptors (Lipinski definition) is 4. The Morgan fingerprint density at radius 2 is 2.12 bits per heavy atom. The number of rotatable bonds is 1. The van der Waals surface area contributed by atoms with Crippen molar-refractivity contribution in [1.29, 1.82) is 0 Å². The lowest BCUT2D eigenvalue weighted by molar-refractivity contribution is -0.135. The van der Waals surface area contributed by atoms with Crippen molar-refractivity contribution in [2.24, 2.45) is 0 Å². The zero-order valence-electron chi connectivity index (χ0n) is 8.47. The fourth-order valence-corrected chi connectivity index (χ4v) is 1.71. The molecule has 2 rings (SSSR count). The first-order valence-electron chi connectivity index (χ1n) is 4.89. The zero-order valence-corrected chi connectivity index (χ0v) is 8.47. The minimum Gasteiger partial charge on any atom is -0.399 e. The van der Waals surface area contributed by atoms with Crippen molar-refractivity contribution >= 4 is 17.5 Å². The van der Waals surface area contributed by atoms with Crippen LogP contribution in [-0.2, 0) is 9.59 Å². The lowest BCUT2D eigenvalue weighted by Crippen LogP contribution is -2.44. The van der Waals surface area contributed by atoms with Crippen molar-refractivity contribution < 1.29 is 9.59 Å². The normalized spacial score (nSPS) is 20.6. The second-order valence-electron chi connectivity index (χ2n) is 3.67. The summed E-state index contributed by atoms with van der Waals surface area (Å²) in [6.07, 6.45) is 2.05. The number of imide groups is 1. The standard InChI is InChI=1S/C10H11N3O3/c11-6-3-4-13(9(15)5-6)7-1-2-8(14)12-10(7)16/h3-5,7H,1-2,11H2,(H,12,14,16). The highest BCUT2D eigenvalue weighted by molar-refractivity contribution is 5.99. The van der Waals surface area contributed by atoms with Crippen LogP contribution in [0.4, 0.5) is 5.69 Å². The van der Waals surface area contributed by atoms with Crippen molar-refractivity contribution in [2.45, 2.75) is 18.9 Å². The summed E-state index contributed by atoms with van der Waals surface area (Å²) in [6, 6.07) is 2.18. The van der Waals surface area contributed by atoms with Crippen LogP contribution in [0.1, 0.15) is 18.9 Å². The number of carbonyl (C=O) groups excluding carboxylic acids is 2. The van der Waals surface area contributed by atoms with Crippen molar-refractivity contribution in [3.8, 4) is 0 Å². The second-order valence-corrected chi connectivity index (χ2v) is 3.67. The lowest BCUT2D eigenvalue weighted by Gasteiger charge is -2.22. The van der Waals surface area contributed by atoms with Crippen LogP contribution in [0.2, 0.25) is 0 Å². The Hall–Kier alpha value is -2.11. The number of carbonyl (C=O) groups is 2. The molecule has 84 valence electrons. The molecule has 6 nitrogen and oxygen atoms in total. The van der Waals surface area contributed by atoms with E-state index in [-0.39, 0.29) is 17.9 Å². The fourth-order valence-electron chi connectivity index (χ4n) is 1.71. The van der Waals surface area contributed by atoms with E-state index in [4.69, 9.17) is 5.73 Å². The van der Waals surface area contributed by atoms with Crippen LogP contribution in [0.25, 0.3) is 0 Å². The SMILES string of the molecule is Nc1ccn(C2CCC(=O)NC2=O)c(=O)c1. The summed E-state index contributed by atoms with van der Waals surface area (Å²) in [7, 11) is 0. The number of anilines is 1. The van der Waals surface area contributed by atoms with Gasteiger partial charge in [0, 0.05) is 24.4 Å². The van der Waals surface area contributed by atoms with Gasteiger partial charge in [0.2, 0.25) is 11.8 Å². The minimum atomic E-state index is -0.620. The van der Waals surface area contributed by atoms with Gasteiger partial charge in [-0.1, -0.05) is 0 Å². The third kappa shape index (κ3) is 1.81. The van der Waals surface area contributed by atoms with Gasteiger partial charge in [-0.25, -0.2) is 0 Å². The quantitative estimate of drug-likeness (QED) is 0.619. The highest BCUT2D eigenvalue weighted by Gasteiger charge is 2.28. The monoisotopic (exact) mass is 221 g/mol. The maximum atomic E-state index is 11.6. The second kappa shape index (κ2) is 3.80. The average molecular weight is 221 g/mol. The van der Waals surface area contributed by atoms with Crippen LogP contribution in [0.3, 0.4) is 0 Å². The molecule has 1 aromatic heterocycles. The van der Waals surface area contributed by atoms with Gasteiger partial charge in [0.05, 0.1) is 0 Å². The van der Waals surface area contributed by atoms with Crippen molar-refractivity contribution in [3.63, 3.8) is 0 Å². The Kier molecular flexibility index (Phi) is 2.47. The fraction of sp³-hybridized carbons (Fsp3) is 0.300. The topological polar surface area (TPSA) is 94.2 Å². The number of piperidine rings is 1. The molecule has 2 amide bonds. The molecule has 0 saturated carbocycles. The van der Waals surface area contributed by atoms with E-state index < -0.39 is 11.9 Å². The molecule has 0 spiro atoms. The van der Waals surface area contributed by atoms with E-state index in [1.54, 1.807) is 6.07 Å². The number of nitrogen functional groups attached to an aromatic ring is 1. The van der Waals surface area contributed by atoms with E-state index in [0.29, 0.717) is 12.1 Å². The lowest BCUT2D eigenvalue weighted by atomic mass is 10.1. The minimum absolute atomic E-state index is 0.243. The molecule has 1 fully saturated rings. The summed E-state index contributed by atoms with van der Waals surface area (Å²) in [6.45, 7) is 0. The molecule has 1 aliphatic rings. The first-order valence-corrected chi connectivity index (χ1v) is 4.89. The Morgan fingerprint density at radius 1 is 1.38 bits per heavy atom. The van der Waals surface area contributed by atoms with Crippen molar-refractivity contribution in [2.75, 3.05) is 5.73 Å². The van der Waals surface area contributed by atoms with Gasteiger partial charge in [-0.2, -0.15) is 0 Å². The van der Waals surface area contributed by atoms with Crippen molar-refractivity contribution in [3.05, 3.63) is 28.7 Å². The molecule has 1 aliphatic heterocycles. The number of nitrogens with two attached hydrogens (primary N) is 1. The van der Waals surface area contributed by atoms with E-state index in [2.05, 4.69) is 5.32 Å². The van der Waals surface area contributed by atoms with E-state index in [1.165, 1.54) is 16.8 Å². The first kappa shape index (κ1) is 10.4. The average Bonchev–Trinajstić information content (AvgIpc) is 2.19. The molecule has 1 aromatic rings. The summed E-state index contributed by atoms with van der Waals surface area (Å²) in [4.78, 5) is 34.1. The van der Waals surface area contributed by atoms with E-state index >= 15 is 0 Å². The Bertz CT molecular complexity index is 506. The number of pyridine rings is 1. The largest absolute Gasteiger partial charge is 0.399 e. The van der Waals surface area contributed by atoms with Gasteiger partial charge in [-0.05, 0) is 12.5 Å². The molecular formula is C10H11N3O3. The molecule has 1 atom stereocenters. The van der Waals surface area contributed by atoms with E-state index in [1.807, 2.05) is 0 Å². The highest BCUT2D eigenvalue weighted by Crippen LogP contribution is 2.16. The Morgan fingerprint density at radius 3 is 2.75 bits per heavy atom. The molecular weight excluding hydrogens is 210 g/mol. The predicted octanol–water partition coefficient (Wildman–Crippen LogP) is -0.592. The van der Waals surface area contributed by atoms with Crippen LogP contribution in [-0.4, -0.2) is 16.4 Å². The Balaban J connectivity index is 2.34. The van der Waals surface area contributed by atoms with Gasteiger partial charge in [0.25, 0.3) is 5.56 Å². The van der Waals surface area contributed by atoms with Gasteiger partial charge in [0.1, 0.15) is 6.04 Å². The molecule has 0 bridgehead atoms. The smallest absolute Gasteiger partial charge is 0.253 e. The maximum absolute atomic E-state index is 11.6. The molecule has 2 heterocycles. The summed E-state index contributed by atoms with van der Waals surface area (Å²) < 4.78 is 1.29. The number of nitrogens with zero attached hydrogens (tertiary/aromatic N) is 1. The van der Waals surface area contributed by atoms with Crippen LogP contribution in [0, 0.1) is 0 Å². The number of nitrogens with one attached hydrogen (secondary N) is 1. The zero-order chi connectivity index (χ0) is 11.7. The summed E-state index contributed by atoms with van der Waals surface area (Å²) >= 11 is 0. The van der Waals surface area contributed by atoms with Crippen LogP contribution < -0.4 is 16.6 Å². The van der Waals surface area contributed by atoms with Crippen molar-refractivity contribution in [1.82, 2.24) is 9.88 Å². The molecule has 1 unspecified atom stereocenters. The number of hydrogen-bond donors (Lipinski definition) is 2. The van der Waals surface area contributed by atoms with Crippen LogP contribution in [0.15, 0.2) is 23.1 Å². The summed E-state index contributed by atoms with van der Waals surface area (Å²) in [5.74, 6) is -0.743. The van der Waals surface area contributed by atoms with Crippen LogP contribution in [0.5, 0.6) is 0 Å². The first-order chi connectivity index (χ1) is 7.58. The highest BCUT2D eigenvalue weighted by atomic mass is 16.2. The van der Waals surface area contributed by atoms with Gasteiger partial charge < -0.3 is 10.3 Å². The van der Waals surface area contributed by atoms with Crippen LogP contribution >= 0.6 is 0 Å². The predicted molar refractivity (Wildman–Crippen MR) is 56.5 cm³/mol. The van der Waals surface area contributed by atoms with Gasteiger partial charge in [0.15, 0.2) is 0 Å². The molecule has 0 radical (unpaired) electrons. The molecule has 1 saturated heterocycles. The van der Waals surface area contributed by atoms with Gasteiger partial charge >= 0.3 is 0 Å². The van der Waals surface area contributed by atoms with Gasteiger partial charge in [-0.3, -0.25) is 19.7 Å². The van der Waals surface area contributed by atoms with E-state index in [0.717, 1.165) is 0 Å². The van der Waals surface area contributed by atoms with Gasteiger partial charge in [-0.15, -0.1) is 0 Å². The third-order valence-corrected chi connectivity index (χ3v) is 2.52. The third-order valence-electron chi connectivity index (χ3n) is 2.52. The molecule has 6 heteroatoms. The Labute approximate surface area is 91.1 Å².